The van der Waals surface area contributed by atoms with E-state index in [1.165, 1.54) is 27.6 Å². The number of aliphatic imine (C=N–C) groups is 1. The maximum absolute atomic E-state index is 6.24. The quantitative estimate of drug-likeness (QED) is 0.158. The summed E-state index contributed by atoms with van der Waals surface area (Å²) in [6.45, 7) is 16.1. The van der Waals surface area contributed by atoms with Gasteiger partial charge in [-0.25, -0.2) is 0 Å². The summed E-state index contributed by atoms with van der Waals surface area (Å²) in [5, 5.41) is 1.27. The first-order valence-corrected chi connectivity index (χ1v) is 13.8. The van der Waals surface area contributed by atoms with E-state index in [-0.39, 0.29) is 17.4 Å². The summed E-state index contributed by atoms with van der Waals surface area (Å²) in [4.78, 5) is 4.78. The molecule has 4 heteroatoms. The van der Waals surface area contributed by atoms with Crippen molar-refractivity contribution in [2.45, 2.75) is 71.9 Å². The number of hydrogen-bond acceptors (Lipinski definition) is 3. The van der Waals surface area contributed by atoms with E-state index in [1.54, 1.807) is 7.11 Å². The molecule has 0 amide bonds. The zero-order valence-electron chi connectivity index (χ0n) is 23.2. The minimum Gasteiger partial charge on any atom is -0.467 e. The zero-order chi connectivity index (χ0) is 26.3. The van der Waals surface area contributed by atoms with Gasteiger partial charge in [0.1, 0.15) is 5.75 Å². The van der Waals surface area contributed by atoms with Gasteiger partial charge in [0, 0.05) is 29.6 Å². The molecule has 0 aliphatic carbocycles. The predicted octanol–water partition coefficient (Wildman–Crippen LogP) is 8.35. The third-order valence-electron chi connectivity index (χ3n) is 6.62. The average molecular weight is 504 g/mol. The number of aryl methyl sites for hydroxylation is 2. The summed E-state index contributed by atoms with van der Waals surface area (Å²) in [5.41, 5.74) is 7.27. The fourth-order valence-corrected chi connectivity index (χ4v) is 6.41. The maximum atomic E-state index is 6.24. The fourth-order valence-electron chi connectivity index (χ4n) is 4.59. The Hall–Kier alpha value is -2.48. The Morgan fingerprint density at radius 1 is 0.917 bits per heavy atom. The van der Waals surface area contributed by atoms with Gasteiger partial charge in [-0.1, -0.05) is 98.2 Å². The second-order valence-corrected chi connectivity index (χ2v) is 12.7. The molecule has 3 aromatic rings. The first-order valence-electron chi connectivity index (χ1n) is 12.8. The van der Waals surface area contributed by atoms with Crippen LogP contribution in [0.4, 0.5) is 5.69 Å². The fraction of sp³-hybridized carbons (Fsp3) is 0.406. The van der Waals surface area contributed by atoms with Crippen LogP contribution in [0.25, 0.3) is 0 Å². The number of hydrogen-bond donors (Lipinski definition) is 0. The lowest BCUT2D eigenvalue weighted by molar-refractivity contribution is 0.0495. The van der Waals surface area contributed by atoms with Gasteiger partial charge in [-0.15, -0.1) is 0 Å². The number of para-hydroxylation sites is 1. The highest BCUT2D eigenvalue weighted by molar-refractivity contribution is 7.49. The molecule has 0 aromatic heterocycles. The molecular formula is C32H42NO2P. The Labute approximate surface area is 220 Å². The Balaban J connectivity index is 2.14. The molecular weight excluding hydrogens is 461 g/mol. The molecule has 3 nitrogen and oxygen atoms in total. The molecule has 0 aliphatic rings. The molecule has 3 rings (SSSR count). The van der Waals surface area contributed by atoms with Crippen LogP contribution in [0.1, 0.15) is 75.3 Å². The summed E-state index contributed by atoms with van der Waals surface area (Å²) in [6.07, 6.45) is 4.17. The van der Waals surface area contributed by atoms with Gasteiger partial charge in [0.05, 0.1) is 5.69 Å². The molecule has 0 radical (unpaired) electrons. The number of benzene rings is 3. The van der Waals surface area contributed by atoms with Gasteiger partial charge in [-0.2, -0.15) is 0 Å². The topological polar surface area (TPSA) is 30.8 Å². The van der Waals surface area contributed by atoms with Crippen LogP contribution < -0.4 is 10.0 Å². The Morgan fingerprint density at radius 2 is 1.64 bits per heavy atom. The van der Waals surface area contributed by atoms with Crippen molar-refractivity contribution < 1.29 is 9.47 Å². The van der Waals surface area contributed by atoms with Crippen LogP contribution in [-0.4, -0.2) is 20.1 Å². The van der Waals surface area contributed by atoms with Crippen molar-refractivity contribution >= 4 is 25.8 Å². The standard InChI is InChI=1S/C32H42NO2P/c1-9-18-32(7,28-20-26(31(4,5)6)19-24(3)29(28)35-22-34-8)36-30-23(2)14-13-15-25(30)21-33-27-16-11-10-12-17-27/h10-17,19-21,36H,9,18,22H2,1-8H3. The molecule has 2 atom stereocenters. The Bertz CT molecular complexity index is 1180. The molecule has 0 heterocycles. The second kappa shape index (κ2) is 12.2. The Kier molecular flexibility index (Phi) is 9.50. The summed E-state index contributed by atoms with van der Waals surface area (Å²) in [5.74, 6) is 0.960. The summed E-state index contributed by atoms with van der Waals surface area (Å²) >= 11 is 0. The van der Waals surface area contributed by atoms with Crippen molar-refractivity contribution in [1.82, 2.24) is 0 Å². The van der Waals surface area contributed by atoms with Crippen molar-refractivity contribution in [1.29, 1.82) is 0 Å². The highest BCUT2D eigenvalue weighted by Crippen LogP contribution is 2.50. The molecule has 0 spiro atoms. The molecule has 0 saturated carbocycles. The van der Waals surface area contributed by atoms with Crippen molar-refractivity contribution in [3.63, 3.8) is 0 Å². The molecule has 192 valence electrons. The van der Waals surface area contributed by atoms with Crippen LogP contribution >= 0.6 is 8.58 Å². The minimum absolute atomic E-state index is 0.0473. The van der Waals surface area contributed by atoms with Crippen LogP contribution in [0.2, 0.25) is 0 Å². The van der Waals surface area contributed by atoms with E-state index < -0.39 is 0 Å². The monoisotopic (exact) mass is 503 g/mol. The number of rotatable bonds is 10. The van der Waals surface area contributed by atoms with E-state index in [4.69, 9.17) is 14.5 Å². The summed E-state index contributed by atoms with van der Waals surface area (Å²) in [7, 11) is 2.24. The SMILES string of the molecule is CCCC(C)(Pc1c(C)cccc1C=Nc1ccccc1)c1cc(C(C)(C)C)cc(C)c1OCOC. The van der Waals surface area contributed by atoms with Crippen molar-refractivity contribution in [3.05, 3.63) is 88.5 Å². The molecule has 0 bridgehead atoms. The van der Waals surface area contributed by atoms with Gasteiger partial charge in [-0.3, -0.25) is 4.99 Å². The van der Waals surface area contributed by atoms with Gasteiger partial charge in [-0.05, 0) is 59.8 Å². The number of nitrogens with zero attached hydrogens (tertiary/aromatic N) is 1. The number of methoxy groups -OCH3 is 1. The van der Waals surface area contributed by atoms with Crippen LogP contribution in [0.5, 0.6) is 5.75 Å². The van der Waals surface area contributed by atoms with Crippen LogP contribution in [0.15, 0.2) is 65.7 Å². The molecule has 0 saturated heterocycles. The third-order valence-corrected chi connectivity index (χ3v) is 8.63. The number of ether oxygens (including phenoxy) is 2. The zero-order valence-corrected chi connectivity index (χ0v) is 24.2. The largest absolute Gasteiger partial charge is 0.467 e. The van der Waals surface area contributed by atoms with Crippen molar-refractivity contribution in [2.24, 2.45) is 4.99 Å². The van der Waals surface area contributed by atoms with Gasteiger partial charge < -0.3 is 9.47 Å². The van der Waals surface area contributed by atoms with Gasteiger partial charge >= 0.3 is 0 Å². The molecule has 0 aliphatic heterocycles. The summed E-state index contributed by atoms with van der Waals surface area (Å²) in [6, 6.07) is 21.3. The van der Waals surface area contributed by atoms with Gasteiger partial charge in [0.25, 0.3) is 0 Å². The normalized spacial score (nSPS) is 14.0. The maximum Gasteiger partial charge on any atom is 0.188 e. The first kappa shape index (κ1) is 28.1. The highest BCUT2D eigenvalue weighted by Gasteiger charge is 2.33. The lowest BCUT2D eigenvalue weighted by atomic mass is 9.82. The first-order chi connectivity index (χ1) is 17.1. The van der Waals surface area contributed by atoms with Gasteiger partial charge in [0.2, 0.25) is 0 Å². The van der Waals surface area contributed by atoms with E-state index >= 15 is 0 Å². The van der Waals surface area contributed by atoms with Crippen molar-refractivity contribution in [3.8, 4) is 5.75 Å². The lowest BCUT2D eigenvalue weighted by Gasteiger charge is -2.35. The Morgan fingerprint density at radius 3 is 2.28 bits per heavy atom. The van der Waals surface area contributed by atoms with Gasteiger partial charge in [0.15, 0.2) is 6.79 Å². The highest BCUT2D eigenvalue weighted by atomic mass is 31.1. The second-order valence-electron chi connectivity index (χ2n) is 10.8. The molecule has 3 aromatic carbocycles. The third kappa shape index (κ3) is 6.84. The van der Waals surface area contributed by atoms with E-state index in [1.807, 2.05) is 36.5 Å². The van der Waals surface area contributed by atoms with E-state index in [0.29, 0.717) is 8.58 Å². The molecule has 0 fully saturated rings. The minimum atomic E-state index is -0.0920. The molecule has 0 N–H and O–H groups in total. The summed E-state index contributed by atoms with van der Waals surface area (Å²) < 4.78 is 11.6. The van der Waals surface area contributed by atoms with E-state index in [2.05, 4.69) is 78.8 Å². The molecule has 36 heavy (non-hydrogen) atoms. The average Bonchev–Trinajstić information content (AvgIpc) is 2.83. The van der Waals surface area contributed by atoms with Crippen molar-refractivity contribution in [2.75, 3.05) is 13.9 Å². The lowest BCUT2D eigenvalue weighted by Crippen LogP contribution is -2.25. The van der Waals surface area contributed by atoms with Crippen LogP contribution in [0, 0.1) is 13.8 Å². The smallest absolute Gasteiger partial charge is 0.188 e. The van der Waals surface area contributed by atoms with Crippen LogP contribution in [0.3, 0.4) is 0 Å². The van der Waals surface area contributed by atoms with E-state index in [9.17, 15) is 0 Å². The van der Waals surface area contributed by atoms with Crippen LogP contribution in [-0.2, 0) is 15.3 Å². The molecule has 2 unspecified atom stereocenters. The predicted molar refractivity (Wildman–Crippen MR) is 157 cm³/mol. The van der Waals surface area contributed by atoms with E-state index in [0.717, 1.165) is 29.8 Å².